The van der Waals surface area contributed by atoms with E-state index in [2.05, 4.69) is 10.3 Å². The molecule has 1 heterocycles. The van der Waals surface area contributed by atoms with Gasteiger partial charge in [0.05, 0.1) is 11.0 Å². The van der Waals surface area contributed by atoms with Gasteiger partial charge in [0.25, 0.3) is 5.91 Å². The highest BCUT2D eigenvalue weighted by Gasteiger charge is 2.11. The van der Waals surface area contributed by atoms with Crippen LogP contribution in [0.3, 0.4) is 0 Å². The minimum absolute atomic E-state index is 0.112. The van der Waals surface area contributed by atoms with E-state index in [1.165, 1.54) is 0 Å². The first-order valence-corrected chi connectivity index (χ1v) is 7.28. The summed E-state index contributed by atoms with van der Waals surface area (Å²) in [5, 5.41) is 2.98. The van der Waals surface area contributed by atoms with E-state index in [1.807, 2.05) is 68.8 Å². The largest absolute Gasteiger partial charge is 0.331 e. The molecule has 0 unspecified atom stereocenters. The Bertz CT molecular complexity index is 877. The van der Waals surface area contributed by atoms with Gasteiger partial charge >= 0.3 is 0 Å². The molecule has 0 aliphatic rings. The molecule has 0 radical (unpaired) electrons. The number of hydrogen-bond donors (Lipinski definition) is 1. The summed E-state index contributed by atoms with van der Waals surface area (Å²) in [6, 6.07) is 11.5. The highest BCUT2D eigenvalue weighted by Crippen LogP contribution is 2.20. The van der Waals surface area contributed by atoms with Crippen molar-refractivity contribution in [3.05, 3.63) is 58.9 Å². The Kier molecular flexibility index (Phi) is 3.45. The number of nitrogens with zero attached hydrogens (tertiary/aromatic N) is 2. The molecule has 112 valence electrons. The zero-order valence-corrected chi connectivity index (χ0v) is 13.3. The van der Waals surface area contributed by atoms with Crippen LogP contribution in [-0.2, 0) is 7.05 Å². The van der Waals surface area contributed by atoms with Crippen molar-refractivity contribution in [2.45, 2.75) is 20.8 Å². The molecule has 22 heavy (non-hydrogen) atoms. The fraction of sp³-hybridized carbons (Fsp3) is 0.222. The zero-order chi connectivity index (χ0) is 15.9. The molecule has 1 N–H and O–H groups in total. The molecule has 1 aromatic heterocycles. The number of hydrogen-bond acceptors (Lipinski definition) is 2. The topological polar surface area (TPSA) is 46.9 Å². The Morgan fingerprint density at radius 3 is 2.68 bits per heavy atom. The molecule has 0 fully saturated rings. The summed E-state index contributed by atoms with van der Waals surface area (Å²) in [7, 11) is 1.97. The van der Waals surface area contributed by atoms with Crippen LogP contribution >= 0.6 is 0 Å². The summed E-state index contributed by atoms with van der Waals surface area (Å²) in [6.45, 7) is 6.00. The van der Waals surface area contributed by atoms with Crippen molar-refractivity contribution >= 4 is 22.6 Å². The summed E-state index contributed by atoms with van der Waals surface area (Å²) in [4.78, 5) is 16.9. The van der Waals surface area contributed by atoms with E-state index in [4.69, 9.17) is 0 Å². The van der Waals surface area contributed by atoms with Gasteiger partial charge in [-0.05, 0) is 56.2 Å². The van der Waals surface area contributed by atoms with Crippen LogP contribution < -0.4 is 5.32 Å². The molecule has 3 aromatic rings. The van der Waals surface area contributed by atoms with Crippen molar-refractivity contribution in [1.29, 1.82) is 0 Å². The number of rotatable bonds is 2. The fourth-order valence-corrected chi connectivity index (χ4v) is 2.54. The molecule has 0 spiro atoms. The van der Waals surface area contributed by atoms with Crippen LogP contribution in [-0.4, -0.2) is 15.5 Å². The van der Waals surface area contributed by atoms with Gasteiger partial charge < -0.3 is 9.88 Å². The maximum Gasteiger partial charge on any atom is 0.255 e. The second kappa shape index (κ2) is 5.30. The summed E-state index contributed by atoms with van der Waals surface area (Å²) in [5.74, 6) is 0.820. The molecule has 0 atom stereocenters. The van der Waals surface area contributed by atoms with E-state index in [0.29, 0.717) is 5.56 Å². The van der Waals surface area contributed by atoms with Crippen LogP contribution in [0.25, 0.3) is 11.0 Å². The van der Waals surface area contributed by atoms with Gasteiger partial charge in [0.15, 0.2) is 0 Å². The van der Waals surface area contributed by atoms with E-state index < -0.39 is 0 Å². The Morgan fingerprint density at radius 1 is 1.14 bits per heavy atom. The minimum atomic E-state index is -0.112. The molecule has 4 heteroatoms. The van der Waals surface area contributed by atoms with Gasteiger partial charge in [0.1, 0.15) is 5.82 Å². The monoisotopic (exact) mass is 293 g/mol. The van der Waals surface area contributed by atoms with E-state index in [9.17, 15) is 4.79 Å². The maximum absolute atomic E-state index is 12.5. The number of benzene rings is 2. The van der Waals surface area contributed by atoms with Crippen molar-refractivity contribution < 1.29 is 4.79 Å². The van der Waals surface area contributed by atoms with Gasteiger partial charge in [0, 0.05) is 18.3 Å². The Hall–Kier alpha value is -2.62. The first kappa shape index (κ1) is 14.3. The number of carbonyl (C=O) groups excluding carboxylic acids is 1. The van der Waals surface area contributed by atoms with E-state index >= 15 is 0 Å². The summed E-state index contributed by atoms with van der Waals surface area (Å²) < 4.78 is 2.02. The highest BCUT2D eigenvalue weighted by atomic mass is 16.1. The third-order valence-corrected chi connectivity index (χ3v) is 4.22. The molecular weight excluding hydrogens is 274 g/mol. The Labute approximate surface area is 129 Å². The molecule has 4 nitrogen and oxygen atoms in total. The van der Waals surface area contributed by atoms with Crippen LogP contribution in [0.2, 0.25) is 0 Å². The van der Waals surface area contributed by atoms with Crippen molar-refractivity contribution in [2.75, 3.05) is 5.32 Å². The molecule has 3 rings (SSSR count). The molecule has 0 saturated carbocycles. The molecule has 1 amide bonds. The number of anilines is 1. The molecule has 0 bridgehead atoms. The predicted octanol–water partition coefficient (Wildman–Crippen LogP) is 3.75. The number of aryl methyl sites for hydroxylation is 3. The third-order valence-electron chi connectivity index (χ3n) is 4.22. The second-order valence-electron chi connectivity index (χ2n) is 5.62. The lowest BCUT2D eigenvalue weighted by atomic mass is 10.1. The number of fused-ring (bicyclic) bond motifs is 1. The summed E-state index contributed by atoms with van der Waals surface area (Å²) >= 11 is 0. The highest BCUT2D eigenvalue weighted by molar-refractivity contribution is 6.06. The van der Waals surface area contributed by atoms with Crippen LogP contribution in [0.4, 0.5) is 5.69 Å². The van der Waals surface area contributed by atoms with Crippen LogP contribution in [0.1, 0.15) is 27.3 Å². The first-order chi connectivity index (χ1) is 10.5. The maximum atomic E-state index is 12.5. The smallest absolute Gasteiger partial charge is 0.255 e. The SMILES string of the molecule is Cc1cccc(NC(=O)c2ccc3c(c2)nc(C)n3C)c1C. The van der Waals surface area contributed by atoms with Crippen LogP contribution in [0.15, 0.2) is 36.4 Å². The van der Waals surface area contributed by atoms with E-state index in [0.717, 1.165) is 33.7 Å². The van der Waals surface area contributed by atoms with Gasteiger partial charge in [-0.3, -0.25) is 4.79 Å². The van der Waals surface area contributed by atoms with Crippen molar-refractivity contribution in [3.63, 3.8) is 0 Å². The van der Waals surface area contributed by atoms with Crippen LogP contribution in [0, 0.1) is 20.8 Å². The predicted molar refractivity (Wildman–Crippen MR) is 89.3 cm³/mol. The van der Waals surface area contributed by atoms with Gasteiger partial charge in [-0.1, -0.05) is 12.1 Å². The third kappa shape index (κ3) is 2.37. The zero-order valence-electron chi connectivity index (χ0n) is 13.3. The van der Waals surface area contributed by atoms with E-state index in [-0.39, 0.29) is 5.91 Å². The van der Waals surface area contributed by atoms with Crippen molar-refractivity contribution in [1.82, 2.24) is 9.55 Å². The van der Waals surface area contributed by atoms with Crippen molar-refractivity contribution in [3.8, 4) is 0 Å². The molecule has 0 saturated heterocycles. The minimum Gasteiger partial charge on any atom is -0.331 e. The normalized spacial score (nSPS) is 10.9. The van der Waals surface area contributed by atoms with Crippen molar-refractivity contribution in [2.24, 2.45) is 7.05 Å². The Morgan fingerprint density at radius 2 is 1.91 bits per heavy atom. The van der Waals surface area contributed by atoms with Gasteiger partial charge in [-0.2, -0.15) is 0 Å². The molecule has 0 aliphatic carbocycles. The number of aromatic nitrogens is 2. The standard InChI is InChI=1S/C18H19N3O/c1-11-6-5-7-15(12(11)2)20-18(22)14-8-9-17-16(10-14)19-13(3)21(17)4/h5-10H,1-4H3,(H,20,22). The number of carbonyl (C=O) groups is 1. The lowest BCUT2D eigenvalue weighted by molar-refractivity contribution is 0.102. The summed E-state index contributed by atoms with van der Waals surface area (Å²) in [5.41, 5.74) is 5.59. The average molecular weight is 293 g/mol. The molecule has 2 aromatic carbocycles. The lowest BCUT2D eigenvalue weighted by Gasteiger charge is -2.10. The lowest BCUT2D eigenvalue weighted by Crippen LogP contribution is -2.13. The number of nitrogens with one attached hydrogen (secondary N) is 1. The van der Waals surface area contributed by atoms with Crippen LogP contribution in [0.5, 0.6) is 0 Å². The number of imidazole rings is 1. The van der Waals surface area contributed by atoms with Gasteiger partial charge in [-0.25, -0.2) is 4.98 Å². The fourth-order valence-electron chi connectivity index (χ4n) is 2.54. The van der Waals surface area contributed by atoms with Gasteiger partial charge in [-0.15, -0.1) is 0 Å². The molecule has 0 aliphatic heterocycles. The average Bonchev–Trinajstić information content (AvgIpc) is 2.78. The summed E-state index contributed by atoms with van der Waals surface area (Å²) in [6.07, 6.45) is 0. The van der Waals surface area contributed by atoms with E-state index in [1.54, 1.807) is 0 Å². The van der Waals surface area contributed by atoms with Gasteiger partial charge in [0.2, 0.25) is 0 Å². The number of amides is 1. The first-order valence-electron chi connectivity index (χ1n) is 7.28. The quantitative estimate of drug-likeness (QED) is 0.782. The second-order valence-corrected chi connectivity index (χ2v) is 5.62. The molecular formula is C18H19N3O. The Balaban J connectivity index is 1.93.